The lowest BCUT2D eigenvalue weighted by Crippen LogP contribution is -2.24. The smallest absolute Gasteiger partial charge is 0.405 e. The summed E-state index contributed by atoms with van der Waals surface area (Å²) in [5.41, 5.74) is 2.96. The van der Waals surface area contributed by atoms with E-state index in [9.17, 15) is 4.79 Å². The summed E-state index contributed by atoms with van der Waals surface area (Å²) < 4.78 is 0. The SMILES string of the molecule is C[C@H](NC(=O)O)c1cccc(CCNc2nccc(N(C)c3ccnc(-c4ccccc4)n3)n2)c1. The van der Waals surface area contributed by atoms with E-state index in [-0.39, 0.29) is 6.04 Å². The number of carboxylic acid groups (broad SMARTS) is 1. The Morgan fingerprint density at radius 3 is 2.49 bits per heavy atom. The molecule has 0 saturated heterocycles. The molecule has 0 radical (unpaired) electrons. The molecule has 0 aliphatic rings. The predicted octanol–water partition coefficient (Wildman–Crippen LogP) is 4.68. The van der Waals surface area contributed by atoms with Gasteiger partial charge < -0.3 is 20.6 Å². The zero-order valence-corrected chi connectivity index (χ0v) is 19.6. The summed E-state index contributed by atoms with van der Waals surface area (Å²) in [7, 11) is 1.90. The van der Waals surface area contributed by atoms with Crippen LogP contribution in [0.5, 0.6) is 0 Å². The number of benzene rings is 2. The number of nitrogens with zero attached hydrogens (tertiary/aromatic N) is 5. The van der Waals surface area contributed by atoms with Crippen LogP contribution in [0.1, 0.15) is 24.1 Å². The van der Waals surface area contributed by atoms with Gasteiger partial charge in [-0.25, -0.2) is 19.7 Å². The van der Waals surface area contributed by atoms with Crippen molar-refractivity contribution in [2.45, 2.75) is 19.4 Å². The van der Waals surface area contributed by atoms with Gasteiger partial charge in [0.25, 0.3) is 0 Å². The average molecular weight is 470 g/mol. The quantitative estimate of drug-likeness (QED) is 0.323. The summed E-state index contributed by atoms with van der Waals surface area (Å²) in [6.45, 7) is 2.45. The molecule has 3 N–H and O–H groups in total. The highest BCUT2D eigenvalue weighted by Gasteiger charge is 2.11. The van der Waals surface area contributed by atoms with Gasteiger partial charge in [0.15, 0.2) is 5.82 Å². The predicted molar refractivity (Wildman–Crippen MR) is 136 cm³/mol. The van der Waals surface area contributed by atoms with E-state index in [0.717, 1.165) is 28.9 Å². The van der Waals surface area contributed by atoms with Crippen LogP contribution < -0.4 is 15.5 Å². The molecule has 0 fully saturated rings. The number of hydrogen-bond acceptors (Lipinski definition) is 7. The van der Waals surface area contributed by atoms with E-state index < -0.39 is 6.09 Å². The lowest BCUT2D eigenvalue weighted by molar-refractivity contribution is 0.191. The summed E-state index contributed by atoms with van der Waals surface area (Å²) >= 11 is 0. The van der Waals surface area contributed by atoms with Gasteiger partial charge in [-0.2, -0.15) is 4.98 Å². The molecule has 0 aliphatic heterocycles. The maximum atomic E-state index is 10.9. The fourth-order valence-corrected chi connectivity index (χ4v) is 3.61. The van der Waals surface area contributed by atoms with Crippen LogP contribution in [0.4, 0.5) is 22.4 Å². The third-order valence-corrected chi connectivity index (χ3v) is 5.49. The van der Waals surface area contributed by atoms with E-state index in [1.54, 1.807) is 12.4 Å². The van der Waals surface area contributed by atoms with E-state index in [1.165, 1.54) is 0 Å². The molecule has 9 nitrogen and oxygen atoms in total. The maximum absolute atomic E-state index is 10.9. The van der Waals surface area contributed by atoms with Crippen molar-refractivity contribution < 1.29 is 9.90 Å². The number of aromatic nitrogens is 4. The van der Waals surface area contributed by atoms with Crippen LogP contribution in [0.25, 0.3) is 11.4 Å². The Morgan fingerprint density at radius 1 is 0.971 bits per heavy atom. The maximum Gasteiger partial charge on any atom is 0.405 e. The molecule has 1 amide bonds. The molecular formula is C26H27N7O2. The van der Waals surface area contributed by atoms with Crippen molar-refractivity contribution in [2.75, 3.05) is 23.8 Å². The average Bonchev–Trinajstić information content (AvgIpc) is 2.89. The van der Waals surface area contributed by atoms with Gasteiger partial charge in [0, 0.05) is 31.5 Å². The third kappa shape index (κ3) is 6.29. The first-order valence-electron chi connectivity index (χ1n) is 11.3. The second-order valence-corrected chi connectivity index (χ2v) is 7.99. The minimum Gasteiger partial charge on any atom is -0.465 e. The topological polar surface area (TPSA) is 116 Å². The fourth-order valence-electron chi connectivity index (χ4n) is 3.61. The highest BCUT2D eigenvalue weighted by Crippen LogP contribution is 2.23. The van der Waals surface area contributed by atoms with Gasteiger partial charge in [-0.3, -0.25) is 0 Å². The Balaban J connectivity index is 1.40. The first-order chi connectivity index (χ1) is 17.0. The summed E-state index contributed by atoms with van der Waals surface area (Å²) in [6, 6.07) is 21.1. The van der Waals surface area contributed by atoms with E-state index >= 15 is 0 Å². The van der Waals surface area contributed by atoms with Crippen molar-refractivity contribution in [2.24, 2.45) is 0 Å². The molecule has 2 heterocycles. The molecule has 4 rings (SSSR count). The van der Waals surface area contributed by atoms with E-state index in [4.69, 9.17) is 5.11 Å². The van der Waals surface area contributed by atoms with E-state index in [1.807, 2.05) is 85.6 Å². The Labute approximate surface area is 203 Å². The van der Waals surface area contributed by atoms with Crippen LogP contribution >= 0.6 is 0 Å². The molecule has 0 unspecified atom stereocenters. The van der Waals surface area contributed by atoms with Gasteiger partial charge >= 0.3 is 6.09 Å². The monoisotopic (exact) mass is 469 g/mol. The Morgan fingerprint density at radius 2 is 1.71 bits per heavy atom. The summed E-state index contributed by atoms with van der Waals surface area (Å²) in [4.78, 5) is 30.8. The Bertz CT molecular complexity index is 1280. The van der Waals surface area contributed by atoms with Gasteiger partial charge in [0.1, 0.15) is 11.6 Å². The van der Waals surface area contributed by atoms with Gasteiger partial charge in [0.05, 0.1) is 6.04 Å². The van der Waals surface area contributed by atoms with E-state index in [2.05, 4.69) is 30.6 Å². The van der Waals surface area contributed by atoms with Crippen molar-refractivity contribution in [1.82, 2.24) is 25.3 Å². The molecule has 0 bridgehead atoms. The number of anilines is 3. The lowest BCUT2D eigenvalue weighted by Gasteiger charge is -2.18. The van der Waals surface area contributed by atoms with Crippen LogP contribution in [-0.2, 0) is 6.42 Å². The summed E-state index contributed by atoms with van der Waals surface area (Å²) in [5, 5.41) is 14.7. The largest absolute Gasteiger partial charge is 0.465 e. The fraction of sp³-hybridized carbons (Fsp3) is 0.192. The highest BCUT2D eigenvalue weighted by molar-refractivity contribution is 5.65. The molecule has 2 aromatic heterocycles. The standard InChI is InChI=1S/C26H27N7O2/c1-18(30-26(34)35)21-10-6-7-19(17-21)11-14-28-25-29-16-13-23(32-25)33(2)22-12-15-27-24(31-22)20-8-4-3-5-9-20/h3-10,12-13,15-18,30H,11,14H2,1-2H3,(H,34,35)(H,28,29,32)/t18-/m0/s1. The molecule has 35 heavy (non-hydrogen) atoms. The summed E-state index contributed by atoms with van der Waals surface area (Å²) in [6.07, 6.45) is 3.15. The van der Waals surface area contributed by atoms with Crippen LogP contribution in [0.2, 0.25) is 0 Å². The van der Waals surface area contributed by atoms with Crippen molar-refractivity contribution in [3.63, 3.8) is 0 Å². The van der Waals surface area contributed by atoms with Crippen LogP contribution in [0.3, 0.4) is 0 Å². The zero-order valence-electron chi connectivity index (χ0n) is 19.6. The molecule has 1 atom stereocenters. The highest BCUT2D eigenvalue weighted by atomic mass is 16.4. The van der Waals surface area contributed by atoms with E-state index in [0.29, 0.717) is 24.1 Å². The molecule has 0 aliphatic carbocycles. The minimum atomic E-state index is -1.04. The van der Waals surface area contributed by atoms with Crippen LogP contribution in [-0.4, -0.2) is 44.7 Å². The van der Waals surface area contributed by atoms with Crippen LogP contribution in [0.15, 0.2) is 79.1 Å². The van der Waals surface area contributed by atoms with Gasteiger partial charge in [-0.05, 0) is 36.6 Å². The third-order valence-electron chi connectivity index (χ3n) is 5.49. The molecule has 0 saturated carbocycles. The molecule has 178 valence electrons. The number of hydrogen-bond donors (Lipinski definition) is 3. The second-order valence-electron chi connectivity index (χ2n) is 7.99. The van der Waals surface area contributed by atoms with Crippen molar-refractivity contribution in [3.8, 4) is 11.4 Å². The normalized spacial score (nSPS) is 11.5. The van der Waals surface area contributed by atoms with Crippen molar-refractivity contribution in [3.05, 3.63) is 90.3 Å². The molecule has 2 aromatic carbocycles. The summed E-state index contributed by atoms with van der Waals surface area (Å²) in [5.74, 6) is 2.60. The number of nitrogens with one attached hydrogen (secondary N) is 2. The van der Waals surface area contributed by atoms with Crippen LogP contribution in [0, 0.1) is 0 Å². The molecular weight excluding hydrogens is 442 g/mol. The number of carbonyl (C=O) groups is 1. The Kier molecular flexibility index (Phi) is 7.47. The number of rotatable bonds is 9. The molecule has 9 heteroatoms. The Hall–Kier alpha value is -4.53. The zero-order chi connectivity index (χ0) is 24.6. The minimum absolute atomic E-state index is 0.278. The molecule has 0 spiro atoms. The van der Waals surface area contributed by atoms with Crippen molar-refractivity contribution >= 4 is 23.7 Å². The first kappa shape index (κ1) is 23.6. The first-order valence-corrected chi connectivity index (χ1v) is 11.3. The van der Waals surface area contributed by atoms with Gasteiger partial charge in [0.2, 0.25) is 5.95 Å². The van der Waals surface area contributed by atoms with Gasteiger partial charge in [-0.1, -0.05) is 54.6 Å². The second kappa shape index (κ2) is 11.1. The molecule has 4 aromatic rings. The van der Waals surface area contributed by atoms with Gasteiger partial charge in [-0.15, -0.1) is 0 Å². The van der Waals surface area contributed by atoms with Crippen molar-refractivity contribution in [1.29, 1.82) is 0 Å². The number of amides is 1. The lowest BCUT2D eigenvalue weighted by atomic mass is 10.0.